The molecule has 0 saturated carbocycles. The number of rotatable bonds is 6. The fourth-order valence-electron chi connectivity index (χ4n) is 2.78. The summed E-state index contributed by atoms with van der Waals surface area (Å²) in [5.41, 5.74) is 1.43. The van der Waals surface area contributed by atoms with E-state index in [1.807, 2.05) is 6.07 Å². The number of nitrogens with one attached hydrogen (secondary N) is 2. The Balaban J connectivity index is 1.85. The molecule has 1 aromatic carbocycles. The first-order chi connectivity index (χ1) is 14.3. The Labute approximate surface area is 170 Å². The SMILES string of the molecule is Cc1c(CO)cccc1Nc1nc(NCc2cnccc2C(F)(F)F)ncc1C#N. The number of anilines is 3. The van der Waals surface area contributed by atoms with Gasteiger partial charge in [0.15, 0.2) is 5.82 Å². The Morgan fingerprint density at radius 1 is 1.17 bits per heavy atom. The van der Waals surface area contributed by atoms with E-state index in [1.54, 1.807) is 25.1 Å². The van der Waals surface area contributed by atoms with Gasteiger partial charge in [0.25, 0.3) is 0 Å². The predicted molar refractivity (Wildman–Crippen MR) is 104 cm³/mol. The van der Waals surface area contributed by atoms with Gasteiger partial charge in [-0.05, 0) is 30.2 Å². The number of nitrogens with zero attached hydrogens (tertiary/aromatic N) is 4. The highest BCUT2D eigenvalue weighted by molar-refractivity contribution is 5.66. The average molecular weight is 414 g/mol. The molecule has 2 heterocycles. The third-order valence-electron chi connectivity index (χ3n) is 4.42. The number of hydrogen-bond donors (Lipinski definition) is 3. The van der Waals surface area contributed by atoms with Crippen LogP contribution in [-0.2, 0) is 19.3 Å². The Morgan fingerprint density at radius 2 is 1.97 bits per heavy atom. The molecule has 0 aliphatic heterocycles. The summed E-state index contributed by atoms with van der Waals surface area (Å²) < 4.78 is 39.4. The molecule has 0 aliphatic rings. The molecular weight excluding hydrogens is 397 g/mol. The van der Waals surface area contributed by atoms with Gasteiger partial charge in [0.1, 0.15) is 11.6 Å². The lowest BCUT2D eigenvalue weighted by Crippen LogP contribution is -2.13. The highest BCUT2D eigenvalue weighted by atomic mass is 19.4. The second-order valence-electron chi connectivity index (χ2n) is 6.32. The van der Waals surface area contributed by atoms with E-state index in [0.717, 1.165) is 24.0 Å². The fraction of sp³-hybridized carbons (Fsp3) is 0.200. The minimum absolute atomic E-state index is 0.0458. The molecule has 3 aromatic rings. The minimum atomic E-state index is -4.51. The summed E-state index contributed by atoms with van der Waals surface area (Å²) in [4.78, 5) is 12.0. The molecule has 0 atom stereocenters. The van der Waals surface area contributed by atoms with Crippen molar-refractivity contribution in [1.29, 1.82) is 5.26 Å². The molecule has 0 radical (unpaired) electrons. The number of nitriles is 1. The monoisotopic (exact) mass is 414 g/mol. The van der Waals surface area contributed by atoms with Crippen LogP contribution in [0.4, 0.5) is 30.6 Å². The first-order valence-corrected chi connectivity index (χ1v) is 8.81. The van der Waals surface area contributed by atoms with Gasteiger partial charge < -0.3 is 15.7 Å². The maximum Gasteiger partial charge on any atom is 0.416 e. The number of aromatic nitrogens is 3. The molecule has 0 aliphatic carbocycles. The molecule has 3 rings (SSSR count). The zero-order valence-corrected chi connectivity index (χ0v) is 15.8. The zero-order chi connectivity index (χ0) is 21.7. The van der Waals surface area contributed by atoms with E-state index in [1.165, 1.54) is 6.20 Å². The standard InChI is InChI=1S/C20H17F3N6O/c1-12-13(11-30)3-2-4-17(12)28-18-14(7-24)9-26-19(29-18)27-10-15-8-25-6-5-16(15)20(21,22)23/h2-6,8-9,30H,10-11H2,1H3,(H2,26,27,28,29). The van der Waals surface area contributed by atoms with Crippen molar-refractivity contribution < 1.29 is 18.3 Å². The molecule has 30 heavy (non-hydrogen) atoms. The van der Waals surface area contributed by atoms with Crippen molar-refractivity contribution in [2.24, 2.45) is 0 Å². The highest BCUT2D eigenvalue weighted by Gasteiger charge is 2.33. The van der Waals surface area contributed by atoms with Crippen molar-refractivity contribution >= 4 is 17.5 Å². The third-order valence-corrected chi connectivity index (χ3v) is 4.42. The summed E-state index contributed by atoms with van der Waals surface area (Å²) in [6.45, 7) is 1.46. The molecule has 154 valence electrons. The molecule has 0 bridgehead atoms. The van der Waals surface area contributed by atoms with E-state index in [2.05, 4.69) is 25.6 Å². The Morgan fingerprint density at radius 3 is 2.67 bits per heavy atom. The van der Waals surface area contributed by atoms with Crippen molar-refractivity contribution in [3.8, 4) is 6.07 Å². The van der Waals surface area contributed by atoms with Crippen LogP contribution in [0.15, 0.2) is 42.9 Å². The van der Waals surface area contributed by atoms with Gasteiger partial charge in [0.2, 0.25) is 5.95 Å². The molecule has 0 fully saturated rings. The van der Waals surface area contributed by atoms with Crippen molar-refractivity contribution in [2.75, 3.05) is 10.6 Å². The molecule has 7 nitrogen and oxygen atoms in total. The second kappa shape index (κ2) is 8.75. The van der Waals surface area contributed by atoms with Crippen LogP contribution in [0.3, 0.4) is 0 Å². The van der Waals surface area contributed by atoms with Crippen molar-refractivity contribution in [1.82, 2.24) is 15.0 Å². The van der Waals surface area contributed by atoms with Gasteiger partial charge in [-0.2, -0.15) is 23.4 Å². The molecule has 0 spiro atoms. The van der Waals surface area contributed by atoms with Crippen LogP contribution >= 0.6 is 0 Å². The number of pyridine rings is 1. The quantitative estimate of drug-likeness (QED) is 0.561. The predicted octanol–water partition coefficient (Wildman–Crippen LogP) is 3.92. The summed E-state index contributed by atoms with van der Waals surface area (Å²) in [7, 11) is 0. The number of benzene rings is 1. The Bertz CT molecular complexity index is 1090. The van der Waals surface area contributed by atoms with Crippen molar-refractivity contribution in [3.05, 3.63) is 70.7 Å². The van der Waals surface area contributed by atoms with E-state index in [-0.39, 0.29) is 36.0 Å². The van der Waals surface area contributed by atoms with Crippen LogP contribution < -0.4 is 10.6 Å². The number of aliphatic hydroxyl groups excluding tert-OH is 1. The summed E-state index contributed by atoms with van der Waals surface area (Å²) in [5.74, 6) is 0.236. The topological polar surface area (TPSA) is 107 Å². The van der Waals surface area contributed by atoms with Gasteiger partial charge in [-0.15, -0.1) is 0 Å². The number of alkyl halides is 3. The number of hydrogen-bond acceptors (Lipinski definition) is 7. The Kier molecular flexibility index (Phi) is 6.13. The fourth-order valence-corrected chi connectivity index (χ4v) is 2.78. The van der Waals surface area contributed by atoms with Crippen LogP contribution in [0, 0.1) is 18.3 Å². The highest BCUT2D eigenvalue weighted by Crippen LogP contribution is 2.31. The average Bonchev–Trinajstić information content (AvgIpc) is 2.73. The second-order valence-corrected chi connectivity index (χ2v) is 6.32. The zero-order valence-electron chi connectivity index (χ0n) is 15.8. The van der Waals surface area contributed by atoms with E-state index in [4.69, 9.17) is 0 Å². The summed E-state index contributed by atoms with van der Waals surface area (Å²) in [5, 5.41) is 24.5. The molecule has 10 heteroatoms. The van der Waals surface area contributed by atoms with Gasteiger partial charge in [-0.3, -0.25) is 4.98 Å². The molecule has 3 N–H and O–H groups in total. The summed E-state index contributed by atoms with van der Waals surface area (Å²) in [6, 6.07) is 8.15. The van der Waals surface area contributed by atoms with Gasteiger partial charge in [-0.1, -0.05) is 12.1 Å². The van der Waals surface area contributed by atoms with Crippen LogP contribution in [0.25, 0.3) is 0 Å². The lowest BCUT2D eigenvalue weighted by atomic mass is 10.1. The van der Waals surface area contributed by atoms with Crippen molar-refractivity contribution in [2.45, 2.75) is 26.3 Å². The summed E-state index contributed by atoms with van der Waals surface area (Å²) >= 11 is 0. The van der Waals surface area contributed by atoms with E-state index in [9.17, 15) is 23.5 Å². The lowest BCUT2D eigenvalue weighted by Gasteiger charge is -2.15. The molecule has 2 aromatic heterocycles. The number of aliphatic hydroxyl groups is 1. The van der Waals surface area contributed by atoms with E-state index >= 15 is 0 Å². The largest absolute Gasteiger partial charge is 0.416 e. The number of halogens is 3. The maximum absolute atomic E-state index is 13.1. The van der Waals surface area contributed by atoms with E-state index < -0.39 is 11.7 Å². The molecule has 0 saturated heterocycles. The van der Waals surface area contributed by atoms with Crippen LogP contribution in [0.5, 0.6) is 0 Å². The van der Waals surface area contributed by atoms with Gasteiger partial charge >= 0.3 is 6.18 Å². The Hall–Kier alpha value is -3.71. The minimum Gasteiger partial charge on any atom is -0.392 e. The third kappa shape index (κ3) is 4.64. The van der Waals surface area contributed by atoms with E-state index in [0.29, 0.717) is 11.3 Å². The van der Waals surface area contributed by atoms with Gasteiger partial charge in [-0.25, -0.2) is 4.98 Å². The summed E-state index contributed by atoms with van der Waals surface area (Å²) in [6.07, 6.45) is -1.03. The van der Waals surface area contributed by atoms with Crippen molar-refractivity contribution in [3.63, 3.8) is 0 Å². The van der Waals surface area contributed by atoms with Gasteiger partial charge in [0, 0.05) is 30.2 Å². The molecule has 0 unspecified atom stereocenters. The first kappa shape index (κ1) is 21.0. The smallest absolute Gasteiger partial charge is 0.392 e. The maximum atomic E-state index is 13.1. The van der Waals surface area contributed by atoms with Crippen LogP contribution in [0.1, 0.15) is 27.8 Å². The lowest BCUT2D eigenvalue weighted by molar-refractivity contribution is -0.138. The molecular formula is C20H17F3N6O. The van der Waals surface area contributed by atoms with Crippen LogP contribution in [0.2, 0.25) is 0 Å². The first-order valence-electron chi connectivity index (χ1n) is 8.81. The normalized spacial score (nSPS) is 11.1. The molecule has 0 amide bonds. The van der Waals surface area contributed by atoms with Gasteiger partial charge in [0.05, 0.1) is 18.4 Å². The van der Waals surface area contributed by atoms with Crippen LogP contribution in [-0.4, -0.2) is 20.1 Å².